The lowest BCUT2D eigenvalue weighted by atomic mass is 9.43. The van der Waals surface area contributed by atoms with Gasteiger partial charge in [-0.2, -0.15) is 0 Å². The normalized spacial score (nSPS) is 30.8. The molecule has 6 atom stereocenters. The molecule has 42 heavy (non-hydrogen) atoms. The number of rotatable bonds is 6. The molecule has 5 aliphatic rings. The van der Waals surface area contributed by atoms with Crippen molar-refractivity contribution in [2.45, 2.75) is 90.1 Å². The van der Waals surface area contributed by atoms with Crippen molar-refractivity contribution in [1.82, 2.24) is 10.2 Å². The van der Waals surface area contributed by atoms with Crippen LogP contribution in [0.15, 0.2) is 34.9 Å². The summed E-state index contributed by atoms with van der Waals surface area (Å²) < 4.78 is 35.9. The van der Waals surface area contributed by atoms with Crippen LogP contribution < -0.4 is 5.32 Å². The molecule has 2 aliphatic heterocycles. The Bertz CT molecular complexity index is 1320. The van der Waals surface area contributed by atoms with Gasteiger partial charge >= 0.3 is 19.3 Å². The fraction of sp³-hybridized carbons (Fsp3) is 0.677. The highest BCUT2D eigenvalue weighted by molar-refractivity contribution is 6.48. The largest absolute Gasteiger partial charge is 0.482 e. The maximum Gasteiger partial charge on any atom is 0.482 e. The van der Waals surface area contributed by atoms with E-state index in [4.69, 9.17) is 27.9 Å². The van der Waals surface area contributed by atoms with Gasteiger partial charge in [0.2, 0.25) is 0 Å². The van der Waals surface area contributed by atoms with E-state index in [1.807, 2.05) is 45.0 Å². The fourth-order valence-corrected chi connectivity index (χ4v) is 7.43. The summed E-state index contributed by atoms with van der Waals surface area (Å²) in [6.07, 6.45) is 3.17. The predicted octanol–water partition coefficient (Wildman–Crippen LogP) is 4.97. The Morgan fingerprint density at radius 1 is 1.19 bits per heavy atom. The maximum absolute atomic E-state index is 13.3. The van der Waals surface area contributed by atoms with Crippen molar-refractivity contribution in [3.8, 4) is 0 Å². The number of amides is 2. The topological polar surface area (TPSA) is 109 Å². The summed E-state index contributed by atoms with van der Waals surface area (Å²) in [5.41, 5.74) is 0.884. The zero-order chi connectivity index (χ0) is 29.9. The number of alkyl carbamates (subject to hydrolysis) is 1. The second kappa shape index (κ2) is 10.8. The Labute approximate surface area is 247 Å². The van der Waals surface area contributed by atoms with Crippen LogP contribution in [0.25, 0.3) is 11.0 Å². The van der Waals surface area contributed by atoms with Crippen LogP contribution in [0.5, 0.6) is 0 Å². The van der Waals surface area contributed by atoms with Gasteiger partial charge in [0, 0.05) is 11.9 Å². The Morgan fingerprint density at radius 3 is 2.74 bits per heavy atom. The highest BCUT2D eigenvalue weighted by atomic mass is 16.7. The van der Waals surface area contributed by atoms with Gasteiger partial charge < -0.3 is 33.3 Å². The van der Waals surface area contributed by atoms with Gasteiger partial charge in [-0.25, -0.2) is 9.59 Å². The van der Waals surface area contributed by atoms with Gasteiger partial charge in [0.25, 0.3) is 0 Å². The minimum atomic E-state index is -0.646. The SMILES string of the molecule is CC(C)(C)OC(=O)N1CCOC[C@@H]1COC(=O)N[C@@H](Cc1coc2ccccc12)B1O[C@@H]2C[C@@H]3C[C@@H](C3(C)C)[C@]2(C)O1. The van der Waals surface area contributed by atoms with Crippen molar-refractivity contribution in [1.29, 1.82) is 0 Å². The van der Waals surface area contributed by atoms with Gasteiger partial charge in [0.15, 0.2) is 0 Å². The fourth-order valence-electron chi connectivity index (χ4n) is 7.43. The summed E-state index contributed by atoms with van der Waals surface area (Å²) in [6, 6.07) is 7.37. The van der Waals surface area contributed by atoms with Crippen molar-refractivity contribution in [3.05, 3.63) is 36.1 Å². The van der Waals surface area contributed by atoms with E-state index in [0.29, 0.717) is 31.4 Å². The van der Waals surface area contributed by atoms with Crippen LogP contribution in [0.2, 0.25) is 0 Å². The Balaban J connectivity index is 1.16. The van der Waals surface area contributed by atoms with Gasteiger partial charge in [-0.3, -0.25) is 4.90 Å². The van der Waals surface area contributed by atoms with E-state index in [2.05, 4.69) is 26.1 Å². The quantitative estimate of drug-likeness (QED) is 0.476. The zero-order valence-electron chi connectivity index (χ0n) is 25.5. The third-order valence-electron chi connectivity index (χ3n) is 9.86. The monoisotopic (exact) mass is 582 g/mol. The van der Waals surface area contributed by atoms with Crippen LogP contribution in [0, 0.1) is 17.3 Å². The molecule has 7 rings (SSSR count). The number of nitrogens with one attached hydrogen (secondary N) is 1. The van der Waals surface area contributed by atoms with E-state index in [1.165, 1.54) is 0 Å². The number of fused-ring (bicyclic) bond motifs is 1. The molecule has 11 heteroatoms. The lowest BCUT2D eigenvalue weighted by Gasteiger charge is -2.64. The number of hydrogen-bond acceptors (Lipinski definition) is 8. The molecule has 1 N–H and O–H groups in total. The van der Waals surface area contributed by atoms with Gasteiger partial charge in [0.05, 0.1) is 43.2 Å². The van der Waals surface area contributed by atoms with E-state index in [-0.39, 0.29) is 24.7 Å². The lowest BCUT2D eigenvalue weighted by molar-refractivity contribution is -0.199. The summed E-state index contributed by atoms with van der Waals surface area (Å²) in [4.78, 5) is 27.6. The van der Waals surface area contributed by atoms with Gasteiger partial charge in [-0.1, -0.05) is 32.0 Å². The van der Waals surface area contributed by atoms with Crippen molar-refractivity contribution in [2.24, 2.45) is 17.3 Å². The highest BCUT2D eigenvalue weighted by Gasteiger charge is 2.68. The molecular weight excluding hydrogens is 539 g/mol. The molecule has 1 aromatic carbocycles. The lowest BCUT2D eigenvalue weighted by Crippen LogP contribution is -2.65. The number of morpholine rings is 1. The standard InChI is InChI=1S/C31H43BN2O8/c1-29(2,3)40-28(36)34-11-12-37-17-21(34)18-39-27(35)33-26(13-19-16-38-23-10-8-7-9-22(19)23)32-41-25-15-20-14-24(30(20,4)5)31(25,6)42-32/h7-10,16,20-21,24-26H,11-15,17-18H2,1-6H3,(H,33,35)/t20-,21+,24-,25+,26-,31-/m0/s1. The van der Waals surface area contributed by atoms with Crippen molar-refractivity contribution < 1.29 is 37.5 Å². The number of hydrogen-bond donors (Lipinski definition) is 1. The van der Waals surface area contributed by atoms with Gasteiger partial charge in [0.1, 0.15) is 17.8 Å². The molecule has 2 bridgehead atoms. The minimum Gasteiger partial charge on any atom is -0.464 e. The summed E-state index contributed by atoms with van der Waals surface area (Å²) in [7, 11) is -0.646. The summed E-state index contributed by atoms with van der Waals surface area (Å²) in [5, 5.41) is 4.01. The van der Waals surface area contributed by atoms with Gasteiger partial charge in [-0.05, 0) is 75.8 Å². The second-order valence-electron chi connectivity index (χ2n) is 14.1. The molecule has 2 amide bonds. The number of para-hydroxylation sites is 1. The van der Waals surface area contributed by atoms with E-state index in [0.717, 1.165) is 29.4 Å². The molecule has 10 nitrogen and oxygen atoms in total. The third-order valence-corrected chi connectivity index (χ3v) is 9.86. The molecule has 0 spiro atoms. The van der Waals surface area contributed by atoms with Crippen molar-refractivity contribution >= 4 is 30.3 Å². The number of ether oxygens (including phenoxy) is 3. The molecular formula is C31H43BN2O8. The summed E-state index contributed by atoms with van der Waals surface area (Å²) in [6.45, 7) is 13.3. The van der Waals surface area contributed by atoms with Crippen LogP contribution in [0.3, 0.4) is 0 Å². The molecule has 3 aliphatic carbocycles. The molecule has 3 heterocycles. The molecule has 0 unspecified atom stereocenters. The van der Waals surface area contributed by atoms with E-state index in [9.17, 15) is 9.59 Å². The highest BCUT2D eigenvalue weighted by Crippen LogP contribution is 2.65. The Kier molecular flexibility index (Phi) is 7.51. The first-order valence-electron chi connectivity index (χ1n) is 15.1. The Hall–Kier alpha value is -2.76. The third kappa shape index (κ3) is 5.39. The van der Waals surface area contributed by atoms with Gasteiger partial charge in [-0.15, -0.1) is 0 Å². The minimum absolute atomic E-state index is 0.0255. The van der Waals surface area contributed by atoms with Crippen molar-refractivity contribution in [2.75, 3.05) is 26.4 Å². The Morgan fingerprint density at radius 2 is 1.98 bits per heavy atom. The second-order valence-corrected chi connectivity index (χ2v) is 14.1. The average molecular weight is 583 g/mol. The van der Waals surface area contributed by atoms with Crippen LogP contribution in [0.1, 0.15) is 59.9 Å². The van der Waals surface area contributed by atoms with E-state index < -0.39 is 42.5 Å². The number of furan rings is 1. The van der Waals surface area contributed by atoms with Crippen LogP contribution in [-0.4, -0.2) is 79.9 Å². The average Bonchev–Trinajstić information content (AvgIpc) is 3.51. The first-order chi connectivity index (χ1) is 19.8. The zero-order valence-corrected chi connectivity index (χ0v) is 25.5. The molecule has 0 radical (unpaired) electrons. The van der Waals surface area contributed by atoms with Crippen LogP contribution in [-0.2, 0) is 29.9 Å². The molecule has 1 aromatic heterocycles. The number of carbonyl (C=O) groups excluding carboxylic acids is 2. The first kappa shape index (κ1) is 29.3. The maximum atomic E-state index is 13.3. The summed E-state index contributed by atoms with van der Waals surface area (Å²) >= 11 is 0. The predicted molar refractivity (Wildman–Crippen MR) is 156 cm³/mol. The molecule has 228 valence electrons. The first-order valence-corrected chi connectivity index (χ1v) is 15.1. The van der Waals surface area contributed by atoms with Crippen LogP contribution in [0.4, 0.5) is 9.59 Å². The number of nitrogens with zero attached hydrogens (tertiary/aromatic N) is 1. The number of carbonyl (C=O) groups is 2. The molecule has 2 aromatic rings. The smallest absolute Gasteiger partial charge is 0.464 e. The van der Waals surface area contributed by atoms with Crippen LogP contribution >= 0.6 is 0 Å². The molecule has 2 saturated heterocycles. The van der Waals surface area contributed by atoms with E-state index >= 15 is 0 Å². The molecule has 3 saturated carbocycles. The number of benzene rings is 1. The van der Waals surface area contributed by atoms with Crippen molar-refractivity contribution in [3.63, 3.8) is 0 Å². The van der Waals surface area contributed by atoms with E-state index in [1.54, 1.807) is 11.2 Å². The molecule has 5 fully saturated rings. The summed E-state index contributed by atoms with van der Waals surface area (Å²) in [5.74, 6) is 0.486.